The number of rotatable bonds is 4. The van der Waals surface area contributed by atoms with E-state index in [0.29, 0.717) is 22.3 Å². The maximum absolute atomic E-state index is 13.3. The Labute approximate surface area is 185 Å². The van der Waals surface area contributed by atoms with E-state index in [1.807, 2.05) is 68.4 Å². The summed E-state index contributed by atoms with van der Waals surface area (Å²) >= 11 is 0. The first-order valence-corrected chi connectivity index (χ1v) is 10.6. The molecule has 0 N–H and O–H groups in total. The highest BCUT2D eigenvalue weighted by Gasteiger charge is 2.32. The van der Waals surface area contributed by atoms with Crippen LogP contribution in [0.5, 0.6) is 11.5 Å². The van der Waals surface area contributed by atoms with Gasteiger partial charge < -0.3 is 13.9 Å². The molecule has 5 heteroatoms. The lowest BCUT2D eigenvalue weighted by molar-refractivity contribution is -0.135. The van der Waals surface area contributed by atoms with Crippen LogP contribution in [0.1, 0.15) is 37.3 Å². The SMILES string of the molecule is CC(C)Oc1ccc(C2CC(=O)Oc3ccc4c(=O)c(-c5ccccc5)coc4c32)cc1. The van der Waals surface area contributed by atoms with E-state index in [2.05, 4.69) is 0 Å². The molecule has 1 aliphatic rings. The number of hydrogen-bond acceptors (Lipinski definition) is 5. The molecule has 0 aliphatic carbocycles. The van der Waals surface area contributed by atoms with E-state index in [-0.39, 0.29) is 29.8 Å². The van der Waals surface area contributed by atoms with Gasteiger partial charge in [-0.15, -0.1) is 0 Å². The Hall–Kier alpha value is -3.86. The topological polar surface area (TPSA) is 65.7 Å². The van der Waals surface area contributed by atoms with Crippen LogP contribution in [0.3, 0.4) is 0 Å². The third-order valence-electron chi connectivity index (χ3n) is 5.62. The lowest BCUT2D eigenvalue weighted by Crippen LogP contribution is -2.22. The summed E-state index contributed by atoms with van der Waals surface area (Å²) in [5.74, 6) is 0.595. The molecule has 1 atom stereocenters. The van der Waals surface area contributed by atoms with Crippen LogP contribution >= 0.6 is 0 Å². The fourth-order valence-electron chi connectivity index (χ4n) is 4.21. The van der Waals surface area contributed by atoms with Gasteiger partial charge in [0.15, 0.2) is 0 Å². The summed E-state index contributed by atoms with van der Waals surface area (Å²) in [6.45, 7) is 3.94. The minimum atomic E-state index is -0.312. The van der Waals surface area contributed by atoms with Crippen molar-refractivity contribution in [3.8, 4) is 22.6 Å². The Bertz CT molecular complexity index is 1350. The summed E-state index contributed by atoms with van der Waals surface area (Å²) in [5.41, 5.74) is 3.28. The smallest absolute Gasteiger partial charge is 0.312 e. The minimum absolute atomic E-state index is 0.0725. The number of hydrogen-bond donors (Lipinski definition) is 0. The molecule has 0 saturated heterocycles. The first kappa shape index (κ1) is 20.1. The van der Waals surface area contributed by atoms with Crippen molar-refractivity contribution in [1.29, 1.82) is 0 Å². The predicted octanol–water partition coefficient (Wildman–Crippen LogP) is 5.69. The highest BCUT2D eigenvalue weighted by molar-refractivity contribution is 5.90. The standard InChI is InChI=1S/C27H22O5/c1-16(2)31-19-10-8-18(9-11-19)21-14-24(28)32-23-13-12-20-26(29)22(15-30-27(20)25(21)23)17-6-4-3-5-7-17/h3-13,15-16,21H,14H2,1-2H3. The normalized spacial score (nSPS) is 15.5. The number of carbonyl (C=O) groups is 1. The molecule has 5 rings (SSSR count). The number of ether oxygens (including phenoxy) is 2. The second kappa shape index (κ2) is 8.00. The Morgan fingerprint density at radius 3 is 2.41 bits per heavy atom. The van der Waals surface area contributed by atoms with Gasteiger partial charge in [-0.2, -0.15) is 0 Å². The van der Waals surface area contributed by atoms with Crippen LogP contribution in [-0.2, 0) is 4.79 Å². The Balaban J connectivity index is 1.65. The van der Waals surface area contributed by atoms with Crippen molar-refractivity contribution in [2.24, 2.45) is 0 Å². The molecular formula is C27H22O5. The van der Waals surface area contributed by atoms with Crippen molar-refractivity contribution in [3.63, 3.8) is 0 Å². The van der Waals surface area contributed by atoms with E-state index in [9.17, 15) is 9.59 Å². The third-order valence-corrected chi connectivity index (χ3v) is 5.62. The van der Waals surface area contributed by atoms with Crippen molar-refractivity contribution in [2.45, 2.75) is 32.3 Å². The molecule has 1 aliphatic heterocycles. The molecule has 4 aromatic rings. The summed E-state index contributed by atoms with van der Waals surface area (Å²) < 4.78 is 17.3. The van der Waals surface area contributed by atoms with Crippen molar-refractivity contribution in [1.82, 2.24) is 0 Å². The van der Waals surface area contributed by atoms with E-state index in [1.54, 1.807) is 12.1 Å². The summed E-state index contributed by atoms with van der Waals surface area (Å²) in [7, 11) is 0. The predicted molar refractivity (Wildman–Crippen MR) is 122 cm³/mol. The second-order valence-corrected chi connectivity index (χ2v) is 8.17. The number of fused-ring (bicyclic) bond motifs is 3. The summed E-state index contributed by atoms with van der Waals surface area (Å²) in [4.78, 5) is 25.6. The average molecular weight is 426 g/mol. The molecule has 0 amide bonds. The fourth-order valence-corrected chi connectivity index (χ4v) is 4.21. The molecule has 32 heavy (non-hydrogen) atoms. The van der Waals surface area contributed by atoms with E-state index >= 15 is 0 Å². The molecule has 3 aromatic carbocycles. The van der Waals surface area contributed by atoms with Gasteiger partial charge in [0.1, 0.15) is 23.3 Å². The average Bonchev–Trinajstić information content (AvgIpc) is 2.79. The van der Waals surface area contributed by atoms with Gasteiger partial charge in [0.05, 0.1) is 23.5 Å². The quantitative estimate of drug-likeness (QED) is 0.310. The fraction of sp³-hybridized carbons (Fsp3) is 0.185. The maximum atomic E-state index is 13.3. The zero-order valence-corrected chi connectivity index (χ0v) is 17.8. The zero-order chi connectivity index (χ0) is 22.2. The summed E-state index contributed by atoms with van der Waals surface area (Å²) in [5, 5.41) is 0.466. The number of carbonyl (C=O) groups excluding carboxylic acids is 1. The molecule has 0 radical (unpaired) electrons. The van der Waals surface area contributed by atoms with Crippen molar-refractivity contribution >= 4 is 16.9 Å². The Morgan fingerprint density at radius 1 is 0.938 bits per heavy atom. The molecular weight excluding hydrogens is 404 g/mol. The largest absolute Gasteiger partial charge is 0.491 e. The second-order valence-electron chi connectivity index (χ2n) is 8.17. The van der Waals surface area contributed by atoms with Gasteiger partial charge in [-0.25, -0.2) is 0 Å². The van der Waals surface area contributed by atoms with Gasteiger partial charge in [-0.05, 0) is 49.2 Å². The Kier molecular flexibility index (Phi) is 5.02. The Morgan fingerprint density at radius 2 is 1.69 bits per heavy atom. The highest BCUT2D eigenvalue weighted by atomic mass is 16.5. The van der Waals surface area contributed by atoms with Gasteiger partial charge >= 0.3 is 5.97 Å². The van der Waals surface area contributed by atoms with Crippen LogP contribution in [0, 0.1) is 0 Å². The zero-order valence-electron chi connectivity index (χ0n) is 17.8. The molecule has 2 heterocycles. The van der Waals surface area contributed by atoms with Crippen molar-refractivity contribution < 1.29 is 18.7 Å². The summed E-state index contributed by atoms with van der Waals surface area (Å²) in [6, 6.07) is 20.4. The lowest BCUT2D eigenvalue weighted by atomic mass is 9.85. The molecule has 5 nitrogen and oxygen atoms in total. The van der Waals surface area contributed by atoms with Crippen LogP contribution < -0.4 is 14.9 Å². The van der Waals surface area contributed by atoms with Crippen LogP contribution in [0.2, 0.25) is 0 Å². The van der Waals surface area contributed by atoms with Crippen LogP contribution in [0.25, 0.3) is 22.1 Å². The van der Waals surface area contributed by atoms with Crippen molar-refractivity contribution in [3.05, 3.63) is 94.3 Å². The van der Waals surface area contributed by atoms with E-state index in [0.717, 1.165) is 22.4 Å². The van der Waals surface area contributed by atoms with E-state index in [1.165, 1.54) is 6.26 Å². The molecule has 160 valence electrons. The maximum Gasteiger partial charge on any atom is 0.312 e. The van der Waals surface area contributed by atoms with E-state index in [4.69, 9.17) is 13.9 Å². The molecule has 0 spiro atoms. The molecule has 0 saturated carbocycles. The van der Waals surface area contributed by atoms with Crippen molar-refractivity contribution in [2.75, 3.05) is 0 Å². The molecule has 0 fully saturated rings. The van der Waals surface area contributed by atoms with Gasteiger partial charge in [0, 0.05) is 11.5 Å². The molecule has 1 unspecified atom stereocenters. The number of esters is 1. The van der Waals surface area contributed by atoms with Gasteiger partial charge in [-0.3, -0.25) is 9.59 Å². The highest BCUT2D eigenvalue weighted by Crippen LogP contribution is 2.43. The first-order chi connectivity index (χ1) is 15.5. The van der Waals surface area contributed by atoms with Crippen LogP contribution in [0.15, 0.2) is 82.2 Å². The number of benzene rings is 3. The first-order valence-electron chi connectivity index (χ1n) is 10.6. The van der Waals surface area contributed by atoms with Gasteiger partial charge in [0.25, 0.3) is 0 Å². The monoisotopic (exact) mass is 426 g/mol. The molecule has 1 aromatic heterocycles. The molecule has 0 bridgehead atoms. The van der Waals surface area contributed by atoms with E-state index < -0.39 is 0 Å². The van der Waals surface area contributed by atoms with Gasteiger partial charge in [-0.1, -0.05) is 42.5 Å². The minimum Gasteiger partial charge on any atom is -0.491 e. The van der Waals surface area contributed by atoms with Crippen LogP contribution in [0.4, 0.5) is 0 Å². The van der Waals surface area contributed by atoms with Gasteiger partial charge in [0.2, 0.25) is 5.43 Å². The lowest BCUT2D eigenvalue weighted by Gasteiger charge is -2.25. The van der Waals surface area contributed by atoms with Crippen LogP contribution in [-0.4, -0.2) is 12.1 Å². The summed E-state index contributed by atoms with van der Waals surface area (Å²) in [6.07, 6.45) is 1.73. The third kappa shape index (κ3) is 3.56.